The predicted octanol–water partition coefficient (Wildman–Crippen LogP) is 4.87. The minimum Gasteiger partial charge on any atom is -0.299 e. The van der Waals surface area contributed by atoms with E-state index < -0.39 is 0 Å². The molecular weight excluding hydrogens is 248 g/mol. The number of nitrogens with zero attached hydrogens (tertiary/aromatic N) is 2. The molecule has 0 bridgehead atoms. The van der Waals surface area contributed by atoms with Crippen molar-refractivity contribution in [1.29, 1.82) is 0 Å². The Morgan fingerprint density at radius 3 is 2.00 bits per heavy atom. The summed E-state index contributed by atoms with van der Waals surface area (Å²) in [5.41, 5.74) is 2.63. The lowest BCUT2D eigenvalue weighted by atomic mass is 10.0. The minimum absolute atomic E-state index is 0.0763. The van der Waals surface area contributed by atoms with Gasteiger partial charge in [-0.2, -0.15) is 10.2 Å². The molecule has 2 rings (SSSR count). The summed E-state index contributed by atoms with van der Waals surface area (Å²) in [4.78, 5) is 11.7. The van der Waals surface area contributed by atoms with Crippen molar-refractivity contribution in [3.8, 4) is 0 Å². The summed E-state index contributed by atoms with van der Waals surface area (Å²) in [6.45, 7) is 3.84. The highest BCUT2D eigenvalue weighted by atomic mass is 16.1. The van der Waals surface area contributed by atoms with Crippen molar-refractivity contribution in [3.63, 3.8) is 0 Å². The van der Waals surface area contributed by atoms with E-state index in [9.17, 15) is 4.79 Å². The molecule has 20 heavy (non-hydrogen) atoms. The van der Waals surface area contributed by atoms with Gasteiger partial charge in [0, 0.05) is 12.3 Å². The van der Waals surface area contributed by atoms with Gasteiger partial charge in [-0.1, -0.05) is 44.2 Å². The quantitative estimate of drug-likeness (QED) is 0.712. The summed E-state index contributed by atoms with van der Waals surface area (Å²) in [6.07, 6.45) is 0.480. The smallest absolute Gasteiger partial charge is 0.139 e. The van der Waals surface area contributed by atoms with Crippen LogP contribution in [0, 0.1) is 5.92 Å². The van der Waals surface area contributed by atoms with Crippen LogP contribution in [0.1, 0.15) is 19.4 Å². The van der Waals surface area contributed by atoms with Crippen molar-refractivity contribution in [2.75, 3.05) is 0 Å². The first-order valence-electron chi connectivity index (χ1n) is 6.73. The van der Waals surface area contributed by atoms with Gasteiger partial charge in [0.05, 0.1) is 11.4 Å². The zero-order valence-electron chi connectivity index (χ0n) is 11.8. The average Bonchev–Trinajstić information content (AvgIpc) is 2.47. The second-order valence-electron chi connectivity index (χ2n) is 5.00. The van der Waals surface area contributed by atoms with Crippen molar-refractivity contribution in [2.24, 2.45) is 16.1 Å². The maximum atomic E-state index is 11.7. The molecule has 0 aliphatic heterocycles. The molecule has 0 saturated heterocycles. The van der Waals surface area contributed by atoms with Gasteiger partial charge in [0.1, 0.15) is 5.78 Å². The number of azo groups is 1. The Morgan fingerprint density at radius 1 is 0.900 bits per heavy atom. The first-order valence-corrected chi connectivity index (χ1v) is 6.73. The van der Waals surface area contributed by atoms with Gasteiger partial charge in [-0.3, -0.25) is 4.79 Å². The maximum absolute atomic E-state index is 11.7. The van der Waals surface area contributed by atoms with Crippen LogP contribution in [-0.2, 0) is 11.2 Å². The first-order chi connectivity index (χ1) is 9.65. The van der Waals surface area contributed by atoms with Gasteiger partial charge in [-0.15, -0.1) is 0 Å². The molecule has 0 heterocycles. The second-order valence-corrected chi connectivity index (χ2v) is 5.00. The SMILES string of the molecule is CC(C)C(=O)Cc1ccc(N=Nc2ccccc2)cc1. The molecule has 102 valence electrons. The van der Waals surface area contributed by atoms with Crippen LogP contribution in [0.4, 0.5) is 11.4 Å². The molecule has 0 aliphatic carbocycles. The molecule has 2 aromatic rings. The molecule has 0 aromatic heterocycles. The van der Waals surface area contributed by atoms with Crippen LogP contribution < -0.4 is 0 Å². The van der Waals surface area contributed by atoms with Gasteiger partial charge < -0.3 is 0 Å². The van der Waals surface area contributed by atoms with E-state index in [1.165, 1.54) is 0 Å². The molecule has 0 amide bonds. The van der Waals surface area contributed by atoms with E-state index in [4.69, 9.17) is 0 Å². The lowest BCUT2D eigenvalue weighted by Crippen LogP contribution is -2.09. The summed E-state index contributed by atoms with van der Waals surface area (Å²) in [6, 6.07) is 17.2. The summed E-state index contributed by atoms with van der Waals surface area (Å²) in [7, 11) is 0. The molecular formula is C17H18N2O. The highest BCUT2D eigenvalue weighted by Crippen LogP contribution is 2.18. The van der Waals surface area contributed by atoms with Gasteiger partial charge in [0.15, 0.2) is 0 Å². The number of hydrogen-bond donors (Lipinski definition) is 0. The van der Waals surface area contributed by atoms with E-state index in [-0.39, 0.29) is 11.7 Å². The number of Topliss-reactive ketones (excluding diaryl/α,β-unsaturated/α-hetero) is 1. The van der Waals surface area contributed by atoms with Crippen LogP contribution in [0.5, 0.6) is 0 Å². The molecule has 3 heteroatoms. The molecule has 0 aliphatic rings. The highest BCUT2D eigenvalue weighted by molar-refractivity contribution is 5.82. The average molecular weight is 266 g/mol. The van der Waals surface area contributed by atoms with Gasteiger partial charge in [0.25, 0.3) is 0 Å². The van der Waals surface area contributed by atoms with E-state index in [1.807, 2.05) is 68.4 Å². The summed E-state index contributed by atoms with van der Waals surface area (Å²) in [5.74, 6) is 0.330. The number of carbonyl (C=O) groups excluding carboxylic acids is 1. The predicted molar refractivity (Wildman–Crippen MR) is 80.6 cm³/mol. The van der Waals surface area contributed by atoms with E-state index in [0.717, 1.165) is 16.9 Å². The van der Waals surface area contributed by atoms with Gasteiger partial charge in [-0.25, -0.2) is 0 Å². The number of hydrogen-bond acceptors (Lipinski definition) is 3. The molecule has 0 N–H and O–H groups in total. The Kier molecular flexibility index (Phi) is 4.77. The molecule has 0 fully saturated rings. The molecule has 2 aromatic carbocycles. The van der Waals surface area contributed by atoms with Crippen LogP contribution in [0.15, 0.2) is 64.8 Å². The molecule has 3 nitrogen and oxygen atoms in total. The molecule has 0 spiro atoms. The Labute approximate surface area is 119 Å². The van der Waals surface area contributed by atoms with E-state index in [1.54, 1.807) is 0 Å². The first kappa shape index (κ1) is 14.1. The van der Waals surface area contributed by atoms with Crippen molar-refractivity contribution in [3.05, 3.63) is 60.2 Å². The third kappa shape index (κ3) is 4.12. The van der Waals surface area contributed by atoms with Gasteiger partial charge >= 0.3 is 0 Å². The summed E-state index contributed by atoms with van der Waals surface area (Å²) in [5, 5.41) is 8.33. The van der Waals surface area contributed by atoms with Gasteiger partial charge in [-0.05, 0) is 29.8 Å². The molecule has 0 radical (unpaired) electrons. The summed E-state index contributed by atoms with van der Waals surface area (Å²) < 4.78 is 0. The van der Waals surface area contributed by atoms with Crippen LogP contribution in [0.3, 0.4) is 0 Å². The van der Waals surface area contributed by atoms with E-state index in [2.05, 4.69) is 10.2 Å². The third-order valence-corrected chi connectivity index (χ3v) is 3.00. The fourth-order valence-corrected chi connectivity index (χ4v) is 1.70. The van der Waals surface area contributed by atoms with E-state index in [0.29, 0.717) is 6.42 Å². The standard InChI is InChI=1S/C17H18N2O/c1-13(2)17(20)12-14-8-10-16(11-9-14)19-18-15-6-4-3-5-7-15/h3-11,13H,12H2,1-2H3. The van der Waals surface area contributed by atoms with Crippen molar-refractivity contribution >= 4 is 17.2 Å². The fourth-order valence-electron chi connectivity index (χ4n) is 1.70. The lowest BCUT2D eigenvalue weighted by molar-refractivity contribution is -0.121. The molecule has 0 saturated carbocycles. The maximum Gasteiger partial charge on any atom is 0.139 e. The van der Waals surface area contributed by atoms with Crippen molar-refractivity contribution in [2.45, 2.75) is 20.3 Å². The Balaban J connectivity index is 2.02. The monoisotopic (exact) mass is 266 g/mol. The summed E-state index contributed by atoms with van der Waals surface area (Å²) >= 11 is 0. The van der Waals surface area contributed by atoms with Crippen LogP contribution in [0.25, 0.3) is 0 Å². The largest absolute Gasteiger partial charge is 0.299 e. The lowest BCUT2D eigenvalue weighted by Gasteiger charge is -2.04. The highest BCUT2D eigenvalue weighted by Gasteiger charge is 2.07. The van der Waals surface area contributed by atoms with Crippen LogP contribution in [-0.4, -0.2) is 5.78 Å². The fraction of sp³-hybridized carbons (Fsp3) is 0.235. The number of benzene rings is 2. The number of rotatable bonds is 5. The topological polar surface area (TPSA) is 41.8 Å². The molecule has 0 unspecified atom stereocenters. The number of ketones is 1. The zero-order chi connectivity index (χ0) is 14.4. The van der Waals surface area contributed by atoms with Crippen molar-refractivity contribution < 1.29 is 4.79 Å². The Morgan fingerprint density at radius 2 is 1.45 bits per heavy atom. The molecule has 0 atom stereocenters. The zero-order valence-corrected chi connectivity index (χ0v) is 11.8. The van der Waals surface area contributed by atoms with Crippen LogP contribution >= 0.6 is 0 Å². The van der Waals surface area contributed by atoms with Crippen molar-refractivity contribution in [1.82, 2.24) is 0 Å². The Bertz CT molecular complexity index is 586. The van der Waals surface area contributed by atoms with Crippen LogP contribution in [0.2, 0.25) is 0 Å². The Hall–Kier alpha value is -2.29. The minimum atomic E-state index is 0.0763. The third-order valence-electron chi connectivity index (χ3n) is 3.00. The van der Waals surface area contributed by atoms with Gasteiger partial charge in [0.2, 0.25) is 0 Å². The number of carbonyl (C=O) groups is 1. The normalized spacial score (nSPS) is 11.2. The second kappa shape index (κ2) is 6.75. The van der Waals surface area contributed by atoms with E-state index >= 15 is 0 Å².